The van der Waals surface area contributed by atoms with Crippen LogP contribution in [0.15, 0.2) is 12.1 Å². The number of nitrogens with zero attached hydrogens (tertiary/aromatic N) is 1. The lowest BCUT2D eigenvalue weighted by atomic mass is 9.74. The molecule has 2 aliphatic rings. The Morgan fingerprint density at radius 3 is 2.70 bits per heavy atom. The van der Waals surface area contributed by atoms with Crippen molar-refractivity contribution in [2.75, 3.05) is 39.1 Å². The summed E-state index contributed by atoms with van der Waals surface area (Å²) < 4.78 is 10.9. The Labute approximate surface area is 141 Å². The van der Waals surface area contributed by atoms with Gasteiger partial charge in [-0.1, -0.05) is 11.6 Å². The fourth-order valence-corrected chi connectivity index (χ4v) is 3.93. The van der Waals surface area contributed by atoms with Gasteiger partial charge in [-0.05, 0) is 44.8 Å². The van der Waals surface area contributed by atoms with Gasteiger partial charge in [-0.3, -0.25) is 0 Å². The normalized spacial score (nSPS) is 26.6. The van der Waals surface area contributed by atoms with E-state index in [0.717, 1.165) is 32.5 Å². The van der Waals surface area contributed by atoms with Crippen molar-refractivity contribution >= 4 is 23.3 Å². The first-order valence-electron chi connectivity index (χ1n) is 8.05. The number of halogens is 1. The number of carbonyl (C=O) groups excluding carboxylic acids is 1. The van der Waals surface area contributed by atoms with Crippen LogP contribution in [0.1, 0.15) is 36.0 Å². The first kappa shape index (κ1) is 16.4. The number of nitrogens with two attached hydrogens (primary N) is 1. The molecule has 1 aromatic carbocycles. The Morgan fingerprint density at radius 2 is 2.04 bits per heavy atom. The number of anilines is 1. The van der Waals surface area contributed by atoms with Crippen LogP contribution in [0, 0.1) is 5.41 Å². The molecule has 0 aliphatic carbocycles. The molecule has 0 spiro atoms. The molecule has 2 N–H and O–H groups in total. The van der Waals surface area contributed by atoms with Crippen LogP contribution in [0.2, 0.25) is 5.02 Å². The van der Waals surface area contributed by atoms with E-state index >= 15 is 0 Å². The highest BCUT2D eigenvalue weighted by atomic mass is 35.5. The van der Waals surface area contributed by atoms with Gasteiger partial charge in [-0.2, -0.15) is 0 Å². The minimum atomic E-state index is -0.402. The largest absolute Gasteiger partial charge is 0.496 e. The number of carbonyl (C=O) groups is 1. The van der Waals surface area contributed by atoms with Crippen molar-refractivity contribution in [1.29, 1.82) is 0 Å². The molecule has 2 fully saturated rings. The van der Waals surface area contributed by atoms with Crippen LogP contribution in [-0.2, 0) is 4.74 Å². The maximum atomic E-state index is 12.5. The summed E-state index contributed by atoms with van der Waals surface area (Å²) in [5.41, 5.74) is 6.57. The van der Waals surface area contributed by atoms with E-state index in [0.29, 0.717) is 28.6 Å². The molecule has 2 bridgehead atoms. The van der Waals surface area contributed by atoms with E-state index in [1.165, 1.54) is 26.0 Å². The number of ether oxygens (including phenoxy) is 2. The summed E-state index contributed by atoms with van der Waals surface area (Å²) in [6, 6.07) is 3.07. The molecule has 3 rings (SSSR count). The molecule has 2 aliphatic heterocycles. The average molecular weight is 339 g/mol. The Kier molecular flexibility index (Phi) is 4.69. The van der Waals surface area contributed by atoms with Gasteiger partial charge in [-0.15, -0.1) is 0 Å². The number of rotatable bonds is 4. The van der Waals surface area contributed by atoms with E-state index in [2.05, 4.69) is 4.90 Å². The van der Waals surface area contributed by atoms with Gasteiger partial charge in [-0.25, -0.2) is 4.79 Å². The number of hydrogen-bond donors (Lipinski definition) is 1. The number of benzene rings is 1. The van der Waals surface area contributed by atoms with Crippen molar-refractivity contribution in [1.82, 2.24) is 4.90 Å². The summed E-state index contributed by atoms with van der Waals surface area (Å²) in [7, 11) is 1.50. The molecule has 6 heteroatoms. The smallest absolute Gasteiger partial charge is 0.341 e. The van der Waals surface area contributed by atoms with E-state index < -0.39 is 5.97 Å². The van der Waals surface area contributed by atoms with Gasteiger partial charge in [0, 0.05) is 18.0 Å². The maximum absolute atomic E-state index is 12.5. The Hall–Kier alpha value is -1.46. The summed E-state index contributed by atoms with van der Waals surface area (Å²) in [5, 5.41) is 0.331. The van der Waals surface area contributed by atoms with Gasteiger partial charge in [0.15, 0.2) is 0 Å². The number of nitrogen functional groups attached to an aromatic ring is 1. The lowest BCUT2D eigenvalue weighted by molar-refractivity contribution is -0.0237. The first-order valence-corrected chi connectivity index (χ1v) is 8.43. The monoisotopic (exact) mass is 338 g/mol. The second-order valence-electron chi connectivity index (χ2n) is 6.63. The highest BCUT2D eigenvalue weighted by molar-refractivity contribution is 6.33. The minimum Gasteiger partial charge on any atom is -0.496 e. The van der Waals surface area contributed by atoms with Crippen molar-refractivity contribution in [2.24, 2.45) is 5.41 Å². The van der Waals surface area contributed by atoms with Crippen LogP contribution in [0.5, 0.6) is 5.75 Å². The fraction of sp³-hybridized carbons (Fsp3) is 0.588. The Morgan fingerprint density at radius 1 is 1.35 bits per heavy atom. The van der Waals surface area contributed by atoms with Crippen LogP contribution < -0.4 is 10.5 Å². The number of esters is 1. The lowest BCUT2D eigenvalue weighted by Crippen LogP contribution is -2.50. The molecule has 0 radical (unpaired) electrons. The highest BCUT2D eigenvalue weighted by Gasteiger charge is 2.39. The van der Waals surface area contributed by atoms with Crippen LogP contribution in [0.4, 0.5) is 5.69 Å². The molecule has 126 valence electrons. The van der Waals surface area contributed by atoms with E-state index in [1.54, 1.807) is 6.07 Å². The summed E-state index contributed by atoms with van der Waals surface area (Å²) >= 11 is 6.02. The van der Waals surface area contributed by atoms with Crippen LogP contribution >= 0.6 is 11.6 Å². The molecule has 0 atom stereocenters. The van der Waals surface area contributed by atoms with Crippen molar-refractivity contribution in [3.63, 3.8) is 0 Å². The maximum Gasteiger partial charge on any atom is 0.341 e. The fourth-order valence-electron chi connectivity index (χ4n) is 3.77. The quantitative estimate of drug-likeness (QED) is 0.675. The van der Waals surface area contributed by atoms with E-state index in [1.807, 2.05) is 0 Å². The molecule has 2 saturated heterocycles. The van der Waals surface area contributed by atoms with Crippen molar-refractivity contribution < 1.29 is 14.3 Å². The summed E-state index contributed by atoms with van der Waals surface area (Å²) in [6.07, 6.45) is 4.59. The van der Waals surface area contributed by atoms with Crippen LogP contribution in [-0.4, -0.2) is 44.2 Å². The molecule has 0 unspecified atom stereocenters. The molecule has 0 amide bonds. The summed E-state index contributed by atoms with van der Waals surface area (Å²) in [5.74, 6) is -0.0101. The molecular formula is C17H23ClN2O3. The zero-order chi connectivity index (χ0) is 16.4. The Bertz CT molecular complexity index is 596. The number of methoxy groups -OCH3 is 1. The van der Waals surface area contributed by atoms with Gasteiger partial charge in [0.25, 0.3) is 0 Å². The molecule has 2 heterocycles. The van der Waals surface area contributed by atoms with Gasteiger partial charge >= 0.3 is 5.97 Å². The second-order valence-corrected chi connectivity index (χ2v) is 7.04. The number of hydrogen-bond acceptors (Lipinski definition) is 5. The third-order valence-corrected chi connectivity index (χ3v) is 5.30. The molecule has 5 nitrogen and oxygen atoms in total. The van der Waals surface area contributed by atoms with Crippen LogP contribution in [0.3, 0.4) is 0 Å². The summed E-state index contributed by atoms with van der Waals surface area (Å²) in [4.78, 5) is 14.9. The molecule has 0 aromatic heterocycles. The zero-order valence-electron chi connectivity index (χ0n) is 13.4. The SMILES string of the molecule is COc1cc(N)c(Cl)cc1C(=O)OCC12CCCN(CCC1)C2. The molecular weight excluding hydrogens is 316 g/mol. The lowest BCUT2D eigenvalue weighted by Gasteiger charge is -2.46. The van der Waals surface area contributed by atoms with Gasteiger partial charge in [0.2, 0.25) is 0 Å². The van der Waals surface area contributed by atoms with Crippen LogP contribution in [0.25, 0.3) is 0 Å². The molecule has 23 heavy (non-hydrogen) atoms. The predicted molar refractivity (Wildman–Crippen MR) is 90.0 cm³/mol. The van der Waals surface area contributed by atoms with E-state index in [4.69, 9.17) is 26.8 Å². The Balaban J connectivity index is 1.71. The minimum absolute atomic E-state index is 0.108. The third-order valence-electron chi connectivity index (χ3n) is 4.97. The molecule has 1 aromatic rings. The van der Waals surface area contributed by atoms with E-state index in [-0.39, 0.29) is 5.41 Å². The summed E-state index contributed by atoms with van der Waals surface area (Å²) in [6.45, 7) is 3.81. The standard InChI is InChI=1S/C17H23ClN2O3/c1-22-15-9-14(19)13(18)8-12(15)16(21)23-11-17-4-2-6-20(10-17)7-3-5-17/h8-9H,2-7,10-11,19H2,1H3. The number of piperidine rings is 2. The first-order chi connectivity index (χ1) is 11.0. The molecule has 0 saturated carbocycles. The average Bonchev–Trinajstić information content (AvgIpc) is 2.55. The second kappa shape index (κ2) is 6.57. The van der Waals surface area contributed by atoms with Gasteiger partial charge in [0.1, 0.15) is 11.3 Å². The van der Waals surface area contributed by atoms with Gasteiger partial charge < -0.3 is 20.1 Å². The van der Waals surface area contributed by atoms with Crippen molar-refractivity contribution in [3.8, 4) is 5.75 Å². The predicted octanol–water partition coefficient (Wildman–Crippen LogP) is 2.96. The van der Waals surface area contributed by atoms with E-state index in [9.17, 15) is 4.79 Å². The zero-order valence-corrected chi connectivity index (χ0v) is 14.2. The van der Waals surface area contributed by atoms with Gasteiger partial charge in [0.05, 0.1) is 24.4 Å². The highest BCUT2D eigenvalue weighted by Crippen LogP contribution is 2.39. The number of fused-ring (bicyclic) bond motifs is 2. The topological polar surface area (TPSA) is 64.8 Å². The van der Waals surface area contributed by atoms with Crippen molar-refractivity contribution in [2.45, 2.75) is 25.7 Å². The third kappa shape index (κ3) is 3.40. The van der Waals surface area contributed by atoms with Crippen molar-refractivity contribution in [3.05, 3.63) is 22.7 Å².